The molecule has 1 atom stereocenters. The van der Waals surface area contributed by atoms with Gasteiger partial charge in [-0.1, -0.05) is 12.2 Å². The Hall–Kier alpha value is -1.95. The molecule has 0 saturated heterocycles. The Bertz CT molecular complexity index is 429. The smallest absolute Gasteiger partial charge is 0.166 e. The molecule has 1 heterocycles. The molecule has 5 nitrogen and oxygen atoms in total. The molecule has 0 fully saturated rings. The van der Waals surface area contributed by atoms with Crippen molar-refractivity contribution in [2.75, 3.05) is 0 Å². The second-order valence-electron chi connectivity index (χ2n) is 3.17. The van der Waals surface area contributed by atoms with Crippen LogP contribution >= 0.6 is 12.2 Å². The molecule has 2 N–H and O–H groups in total. The fourth-order valence-electron chi connectivity index (χ4n) is 1.19. The first-order valence-electron chi connectivity index (χ1n) is 4.65. The molecule has 1 aliphatic rings. The molecule has 1 aliphatic heterocycles. The van der Waals surface area contributed by atoms with E-state index in [1.54, 1.807) is 47.2 Å². The van der Waals surface area contributed by atoms with Gasteiger partial charge in [0.05, 0.1) is 6.21 Å². The number of rotatable bonds is 3. The Labute approximate surface area is 98.1 Å². The molecule has 0 bridgehead atoms. The standard InChI is InChI=1S/C10H10N4OS/c15-9-3-1-8(2-4-9)5-12-14-7-11-13-10(14)6-16/h1-7,10,13,15H. The molecule has 2 rings (SSSR count). The second kappa shape index (κ2) is 4.71. The summed E-state index contributed by atoms with van der Waals surface area (Å²) >= 11 is 4.82. The second-order valence-corrected chi connectivity index (χ2v) is 3.44. The first-order valence-corrected chi connectivity index (χ1v) is 5.12. The number of hydrogen-bond acceptors (Lipinski definition) is 6. The summed E-state index contributed by atoms with van der Waals surface area (Å²) in [4.78, 5) is 0. The molecule has 82 valence electrons. The van der Waals surface area contributed by atoms with Crippen molar-refractivity contribution in [2.24, 2.45) is 10.2 Å². The third-order valence-electron chi connectivity index (χ3n) is 2.03. The normalized spacial score (nSPS) is 19.0. The molecule has 0 radical (unpaired) electrons. The number of nitrogens with one attached hydrogen (secondary N) is 1. The molecular weight excluding hydrogens is 224 g/mol. The van der Waals surface area contributed by atoms with Gasteiger partial charge in [-0.3, -0.25) is 5.43 Å². The molecule has 0 spiro atoms. The fraction of sp³-hybridized carbons (Fsp3) is 0.100. The van der Waals surface area contributed by atoms with Crippen LogP contribution in [-0.4, -0.2) is 34.2 Å². The largest absolute Gasteiger partial charge is 0.508 e. The summed E-state index contributed by atoms with van der Waals surface area (Å²) in [6.07, 6.45) is 3.05. The Kier molecular flexibility index (Phi) is 3.11. The summed E-state index contributed by atoms with van der Waals surface area (Å²) in [6.45, 7) is 0. The van der Waals surface area contributed by atoms with E-state index in [1.807, 2.05) is 0 Å². The molecule has 1 unspecified atom stereocenters. The van der Waals surface area contributed by atoms with E-state index in [4.69, 9.17) is 17.3 Å². The molecule has 0 saturated carbocycles. The zero-order valence-corrected chi connectivity index (χ0v) is 9.13. The zero-order chi connectivity index (χ0) is 11.4. The van der Waals surface area contributed by atoms with Crippen LogP contribution in [0.5, 0.6) is 5.75 Å². The van der Waals surface area contributed by atoms with Gasteiger partial charge >= 0.3 is 0 Å². The number of benzene rings is 1. The molecule has 0 amide bonds. The summed E-state index contributed by atoms with van der Waals surface area (Å²) in [5.41, 5.74) is 3.67. The highest BCUT2D eigenvalue weighted by Crippen LogP contribution is 2.08. The first-order chi connectivity index (χ1) is 7.79. The maximum Gasteiger partial charge on any atom is 0.166 e. The minimum Gasteiger partial charge on any atom is -0.508 e. The van der Waals surface area contributed by atoms with Crippen LogP contribution in [0.2, 0.25) is 0 Å². The lowest BCUT2D eigenvalue weighted by atomic mass is 10.2. The summed E-state index contributed by atoms with van der Waals surface area (Å²) in [5.74, 6) is 0.235. The van der Waals surface area contributed by atoms with Gasteiger partial charge in [-0.2, -0.15) is 10.2 Å². The Morgan fingerprint density at radius 2 is 2.19 bits per heavy atom. The lowest BCUT2D eigenvalue weighted by Gasteiger charge is -2.13. The summed E-state index contributed by atoms with van der Waals surface area (Å²) in [7, 11) is 0. The van der Waals surface area contributed by atoms with E-state index >= 15 is 0 Å². The highest BCUT2D eigenvalue weighted by atomic mass is 32.1. The minimum atomic E-state index is -0.177. The lowest BCUT2D eigenvalue weighted by Crippen LogP contribution is -2.33. The summed E-state index contributed by atoms with van der Waals surface area (Å²) < 4.78 is 0. The van der Waals surface area contributed by atoms with Crippen molar-refractivity contribution in [1.82, 2.24) is 10.4 Å². The molecule has 6 heteroatoms. The number of thiocarbonyl (C=S) groups is 1. The monoisotopic (exact) mass is 234 g/mol. The van der Waals surface area contributed by atoms with Crippen LogP contribution in [0.3, 0.4) is 0 Å². The van der Waals surface area contributed by atoms with Crippen LogP contribution < -0.4 is 5.43 Å². The molecule has 0 aliphatic carbocycles. The average molecular weight is 234 g/mol. The Morgan fingerprint density at radius 3 is 2.88 bits per heavy atom. The van der Waals surface area contributed by atoms with Crippen molar-refractivity contribution in [3.63, 3.8) is 0 Å². The van der Waals surface area contributed by atoms with Crippen LogP contribution in [-0.2, 0) is 0 Å². The predicted octanol–water partition coefficient (Wildman–Crippen LogP) is 0.900. The highest BCUT2D eigenvalue weighted by Gasteiger charge is 2.15. The van der Waals surface area contributed by atoms with Gasteiger partial charge in [0.15, 0.2) is 6.17 Å². The van der Waals surface area contributed by atoms with Crippen LogP contribution in [0.25, 0.3) is 0 Å². The van der Waals surface area contributed by atoms with E-state index in [9.17, 15) is 0 Å². The topological polar surface area (TPSA) is 60.2 Å². The van der Waals surface area contributed by atoms with Gasteiger partial charge < -0.3 is 5.11 Å². The number of phenols is 1. The van der Waals surface area contributed by atoms with Gasteiger partial charge in [-0.25, -0.2) is 5.01 Å². The van der Waals surface area contributed by atoms with Gasteiger partial charge in [0.2, 0.25) is 0 Å². The van der Waals surface area contributed by atoms with Crippen molar-refractivity contribution in [3.8, 4) is 5.75 Å². The molecule has 0 aromatic heterocycles. The average Bonchev–Trinajstić information content (AvgIpc) is 2.76. The number of nitrogens with zero attached hydrogens (tertiary/aromatic N) is 3. The van der Waals surface area contributed by atoms with Crippen molar-refractivity contribution in [1.29, 1.82) is 0 Å². The number of hydrogen-bond donors (Lipinski definition) is 2. The Balaban J connectivity index is 2.06. The quantitative estimate of drug-likeness (QED) is 0.602. The van der Waals surface area contributed by atoms with Gasteiger partial charge in [0, 0.05) is 5.37 Å². The molecule has 1 aromatic carbocycles. The van der Waals surface area contributed by atoms with E-state index in [0.717, 1.165) is 5.56 Å². The number of hydrazone groups is 2. The van der Waals surface area contributed by atoms with Gasteiger partial charge in [-0.15, -0.1) is 0 Å². The van der Waals surface area contributed by atoms with Crippen molar-refractivity contribution in [3.05, 3.63) is 29.8 Å². The molecule has 1 aromatic rings. The Morgan fingerprint density at radius 1 is 1.44 bits per heavy atom. The predicted molar refractivity (Wildman–Crippen MR) is 66.6 cm³/mol. The summed E-state index contributed by atoms with van der Waals surface area (Å²) in [6, 6.07) is 6.75. The number of phenolic OH excluding ortho intramolecular Hbond substituents is 1. The van der Waals surface area contributed by atoms with E-state index in [1.165, 1.54) is 0 Å². The lowest BCUT2D eigenvalue weighted by molar-refractivity contribution is 0.407. The van der Waals surface area contributed by atoms with Crippen molar-refractivity contribution in [2.45, 2.75) is 6.17 Å². The van der Waals surface area contributed by atoms with E-state index < -0.39 is 0 Å². The van der Waals surface area contributed by atoms with Crippen molar-refractivity contribution >= 4 is 30.1 Å². The maximum atomic E-state index is 9.11. The first kappa shape index (κ1) is 10.6. The van der Waals surface area contributed by atoms with E-state index in [0.29, 0.717) is 0 Å². The third-order valence-corrected chi connectivity index (χ3v) is 2.29. The SMILES string of the molecule is Oc1ccc(C=NN2C=NNC2C=S)cc1. The van der Waals surface area contributed by atoms with Gasteiger partial charge in [-0.05, 0) is 29.8 Å². The van der Waals surface area contributed by atoms with Crippen LogP contribution in [0, 0.1) is 0 Å². The molecule has 16 heavy (non-hydrogen) atoms. The van der Waals surface area contributed by atoms with Gasteiger partial charge in [0.25, 0.3) is 0 Å². The highest BCUT2D eigenvalue weighted by molar-refractivity contribution is 7.79. The fourth-order valence-corrected chi connectivity index (χ4v) is 1.37. The van der Waals surface area contributed by atoms with Gasteiger partial charge in [0.1, 0.15) is 12.1 Å². The maximum absolute atomic E-state index is 9.11. The van der Waals surface area contributed by atoms with Crippen molar-refractivity contribution < 1.29 is 5.11 Å². The van der Waals surface area contributed by atoms with E-state index in [-0.39, 0.29) is 11.9 Å². The van der Waals surface area contributed by atoms with Crippen LogP contribution in [0.4, 0.5) is 0 Å². The third kappa shape index (κ3) is 2.34. The minimum absolute atomic E-state index is 0.177. The zero-order valence-electron chi connectivity index (χ0n) is 8.32. The molecular formula is C10H10N4OS. The van der Waals surface area contributed by atoms with E-state index in [2.05, 4.69) is 15.6 Å². The number of aromatic hydroxyl groups is 1. The summed E-state index contributed by atoms with van der Waals surface area (Å²) in [5, 5.41) is 20.3. The van der Waals surface area contributed by atoms with Crippen LogP contribution in [0.1, 0.15) is 5.56 Å². The van der Waals surface area contributed by atoms with Crippen LogP contribution in [0.15, 0.2) is 34.5 Å².